The number of ketones is 1. The van der Waals surface area contributed by atoms with E-state index in [1.54, 1.807) is 30.0 Å². The number of fused-ring (bicyclic) bond motifs is 1. The van der Waals surface area contributed by atoms with Crippen LogP contribution in [-0.2, 0) is 9.53 Å². The van der Waals surface area contributed by atoms with Crippen molar-refractivity contribution in [1.82, 2.24) is 10.4 Å². The molecule has 1 saturated heterocycles. The molecule has 8 nitrogen and oxygen atoms in total. The first-order valence-corrected chi connectivity index (χ1v) is 8.86. The number of piperidine rings is 1. The van der Waals surface area contributed by atoms with Crippen molar-refractivity contribution < 1.29 is 29.1 Å². The van der Waals surface area contributed by atoms with Crippen molar-refractivity contribution in [3.63, 3.8) is 0 Å². The summed E-state index contributed by atoms with van der Waals surface area (Å²) in [5, 5.41) is 8.51. The highest BCUT2D eigenvalue weighted by atomic mass is 16.6. The standard InChI is InChI=1S/C19H22N2O6/c1-2-26-18(24)21-9-7-19(8-10-21)12-15(22)14-11-13(3-5-16(14)27-19)4-6-17(23)20-25/h3-6,11,25H,2,7-10,12H2,1H3,(H,20,23)/b6-4+. The molecular weight excluding hydrogens is 352 g/mol. The third kappa shape index (κ3) is 4.11. The van der Waals surface area contributed by atoms with Gasteiger partial charge in [-0.05, 0) is 30.7 Å². The normalized spacial score (nSPS) is 18.1. The molecule has 2 aliphatic rings. The number of amides is 2. The van der Waals surface area contributed by atoms with E-state index < -0.39 is 11.5 Å². The monoisotopic (exact) mass is 374 g/mol. The predicted octanol–water partition coefficient (Wildman–Crippen LogP) is 2.16. The van der Waals surface area contributed by atoms with Gasteiger partial charge in [0.15, 0.2) is 5.78 Å². The molecule has 2 amide bonds. The van der Waals surface area contributed by atoms with Crippen LogP contribution in [0.15, 0.2) is 24.3 Å². The van der Waals surface area contributed by atoms with Crippen LogP contribution in [0.25, 0.3) is 6.08 Å². The number of nitrogens with one attached hydrogen (secondary N) is 1. The molecule has 3 rings (SSSR count). The van der Waals surface area contributed by atoms with E-state index in [4.69, 9.17) is 14.7 Å². The summed E-state index contributed by atoms with van der Waals surface area (Å²) in [5.74, 6) is -0.162. The second-order valence-corrected chi connectivity index (χ2v) is 6.64. The molecule has 1 aromatic carbocycles. The van der Waals surface area contributed by atoms with Crippen molar-refractivity contribution in [2.75, 3.05) is 19.7 Å². The van der Waals surface area contributed by atoms with Crippen LogP contribution in [0.2, 0.25) is 0 Å². The predicted molar refractivity (Wildman–Crippen MR) is 95.5 cm³/mol. The Morgan fingerprint density at radius 1 is 1.37 bits per heavy atom. The first-order valence-electron chi connectivity index (χ1n) is 8.86. The van der Waals surface area contributed by atoms with E-state index >= 15 is 0 Å². The zero-order valence-corrected chi connectivity index (χ0v) is 15.1. The summed E-state index contributed by atoms with van der Waals surface area (Å²) < 4.78 is 11.2. The molecule has 0 aromatic heterocycles. The molecule has 0 aliphatic carbocycles. The zero-order chi connectivity index (χ0) is 19.4. The van der Waals surface area contributed by atoms with E-state index in [1.807, 2.05) is 0 Å². The highest BCUT2D eigenvalue weighted by molar-refractivity contribution is 6.01. The van der Waals surface area contributed by atoms with Crippen LogP contribution in [0.3, 0.4) is 0 Å². The van der Waals surface area contributed by atoms with Crippen molar-refractivity contribution in [1.29, 1.82) is 0 Å². The molecule has 144 valence electrons. The van der Waals surface area contributed by atoms with Crippen molar-refractivity contribution in [3.8, 4) is 5.75 Å². The number of nitrogens with zero attached hydrogens (tertiary/aromatic N) is 1. The average Bonchev–Trinajstić information content (AvgIpc) is 2.67. The van der Waals surface area contributed by atoms with Gasteiger partial charge >= 0.3 is 6.09 Å². The molecule has 0 bridgehead atoms. The van der Waals surface area contributed by atoms with Gasteiger partial charge in [-0.3, -0.25) is 14.8 Å². The van der Waals surface area contributed by atoms with Gasteiger partial charge in [0.05, 0.1) is 18.6 Å². The van der Waals surface area contributed by atoms with Gasteiger partial charge in [-0.1, -0.05) is 6.07 Å². The first-order chi connectivity index (χ1) is 13.0. The fraction of sp³-hybridized carbons (Fsp3) is 0.421. The van der Waals surface area contributed by atoms with E-state index in [0.29, 0.717) is 49.4 Å². The maximum atomic E-state index is 12.7. The smallest absolute Gasteiger partial charge is 0.409 e. The van der Waals surface area contributed by atoms with Crippen LogP contribution in [-0.4, -0.2) is 53.2 Å². The molecule has 2 aliphatic heterocycles. The summed E-state index contributed by atoms with van der Waals surface area (Å²) in [6.07, 6.45) is 3.72. The summed E-state index contributed by atoms with van der Waals surface area (Å²) in [4.78, 5) is 37.3. The van der Waals surface area contributed by atoms with Crippen LogP contribution in [0.5, 0.6) is 5.75 Å². The number of ether oxygens (including phenoxy) is 2. The Morgan fingerprint density at radius 2 is 2.11 bits per heavy atom. The van der Waals surface area contributed by atoms with E-state index in [-0.39, 0.29) is 18.3 Å². The lowest BCUT2D eigenvalue weighted by Gasteiger charge is -2.43. The van der Waals surface area contributed by atoms with Gasteiger partial charge < -0.3 is 14.4 Å². The molecule has 1 fully saturated rings. The van der Waals surface area contributed by atoms with Crippen molar-refractivity contribution in [3.05, 3.63) is 35.4 Å². The molecule has 27 heavy (non-hydrogen) atoms. The number of Topliss-reactive ketones (excluding diaryl/α,β-unsaturated/α-hetero) is 1. The lowest BCUT2D eigenvalue weighted by Crippen LogP contribution is -2.52. The second kappa shape index (κ2) is 7.79. The maximum Gasteiger partial charge on any atom is 0.409 e. The Kier molecular flexibility index (Phi) is 5.46. The Balaban J connectivity index is 1.72. The van der Waals surface area contributed by atoms with Gasteiger partial charge in [-0.15, -0.1) is 0 Å². The Morgan fingerprint density at radius 3 is 2.78 bits per heavy atom. The van der Waals surface area contributed by atoms with Gasteiger partial charge in [0, 0.05) is 32.0 Å². The minimum Gasteiger partial charge on any atom is -0.486 e. The number of hydrogen-bond acceptors (Lipinski definition) is 6. The van der Waals surface area contributed by atoms with Crippen molar-refractivity contribution in [2.24, 2.45) is 0 Å². The van der Waals surface area contributed by atoms with Crippen LogP contribution >= 0.6 is 0 Å². The van der Waals surface area contributed by atoms with E-state index in [2.05, 4.69) is 0 Å². The van der Waals surface area contributed by atoms with Gasteiger partial charge in [0.1, 0.15) is 11.4 Å². The average molecular weight is 374 g/mol. The number of carbonyl (C=O) groups is 3. The van der Waals surface area contributed by atoms with Gasteiger partial charge in [-0.2, -0.15) is 0 Å². The number of hydroxylamine groups is 1. The number of benzene rings is 1. The minimum atomic E-state index is -0.650. The molecule has 0 radical (unpaired) electrons. The summed E-state index contributed by atoms with van der Waals surface area (Å²) in [6.45, 7) is 3.07. The number of carbonyl (C=O) groups excluding carboxylic acids is 3. The molecule has 0 atom stereocenters. The van der Waals surface area contributed by atoms with Gasteiger partial charge in [-0.25, -0.2) is 10.3 Å². The van der Waals surface area contributed by atoms with E-state index in [1.165, 1.54) is 17.6 Å². The zero-order valence-electron chi connectivity index (χ0n) is 15.1. The van der Waals surface area contributed by atoms with Crippen LogP contribution in [0.4, 0.5) is 4.79 Å². The highest BCUT2D eigenvalue weighted by Gasteiger charge is 2.43. The highest BCUT2D eigenvalue weighted by Crippen LogP contribution is 2.39. The maximum absolute atomic E-state index is 12.7. The third-order valence-corrected chi connectivity index (χ3v) is 4.85. The summed E-state index contributed by atoms with van der Waals surface area (Å²) in [6, 6.07) is 5.11. The lowest BCUT2D eigenvalue weighted by molar-refractivity contribution is -0.124. The van der Waals surface area contributed by atoms with Crippen molar-refractivity contribution >= 4 is 23.9 Å². The Hall–Kier alpha value is -2.87. The molecule has 8 heteroatoms. The molecule has 0 saturated carbocycles. The Bertz CT molecular complexity index is 780. The molecule has 2 N–H and O–H groups in total. The summed E-state index contributed by atoms with van der Waals surface area (Å²) in [5.41, 5.74) is 2.04. The van der Waals surface area contributed by atoms with Gasteiger partial charge in [0.25, 0.3) is 5.91 Å². The van der Waals surface area contributed by atoms with Crippen LogP contribution in [0.1, 0.15) is 42.1 Å². The minimum absolute atomic E-state index is 0.0253. The quantitative estimate of drug-likeness (QED) is 0.477. The van der Waals surface area contributed by atoms with Crippen LogP contribution in [0, 0.1) is 0 Å². The largest absolute Gasteiger partial charge is 0.486 e. The first kappa shape index (κ1) is 18.9. The van der Waals surface area contributed by atoms with E-state index in [0.717, 1.165) is 0 Å². The number of rotatable bonds is 3. The fourth-order valence-corrected chi connectivity index (χ4v) is 3.41. The van der Waals surface area contributed by atoms with Crippen LogP contribution < -0.4 is 10.2 Å². The third-order valence-electron chi connectivity index (χ3n) is 4.85. The molecule has 1 aromatic rings. The van der Waals surface area contributed by atoms with Gasteiger partial charge in [0.2, 0.25) is 0 Å². The number of likely N-dealkylation sites (tertiary alicyclic amines) is 1. The Labute approximate surface area is 156 Å². The topological polar surface area (TPSA) is 105 Å². The van der Waals surface area contributed by atoms with Crippen molar-refractivity contribution in [2.45, 2.75) is 31.8 Å². The SMILES string of the molecule is CCOC(=O)N1CCC2(CC1)CC(=O)c1cc(/C=C/C(=O)NO)ccc1O2. The summed E-state index contributed by atoms with van der Waals surface area (Å²) >= 11 is 0. The fourth-order valence-electron chi connectivity index (χ4n) is 3.41. The second-order valence-electron chi connectivity index (χ2n) is 6.64. The summed E-state index contributed by atoms with van der Waals surface area (Å²) in [7, 11) is 0. The molecular formula is C19H22N2O6. The molecule has 0 unspecified atom stereocenters. The molecule has 1 spiro atoms. The lowest BCUT2D eigenvalue weighted by atomic mass is 9.82. The molecule has 2 heterocycles. The van der Waals surface area contributed by atoms with E-state index in [9.17, 15) is 14.4 Å². The number of hydrogen-bond donors (Lipinski definition) is 2.